The van der Waals surface area contributed by atoms with Crippen molar-refractivity contribution in [3.8, 4) is 0 Å². The van der Waals surface area contributed by atoms with Gasteiger partial charge in [0, 0.05) is 10.5 Å². The lowest BCUT2D eigenvalue weighted by Crippen LogP contribution is -1.91. The molecule has 1 aromatic carbocycles. The monoisotopic (exact) mass is 289 g/mol. The Labute approximate surface area is 102 Å². The van der Waals surface area contributed by atoms with Gasteiger partial charge in [0.2, 0.25) is 0 Å². The van der Waals surface area contributed by atoms with E-state index < -0.39 is 0 Å². The van der Waals surface area contributed by atoms with Crippen LogP contribution in [0.5, 0.6) is 0 Å². The van der Waals surface area contributed by atoms with Crippen molar-refractivity contribution in [1.29, 1.82) is 0 Å². The number of thioether (sulfide) groups is 1. The maximum atomic E-state index is 10.8. The quantitative estimate of drug-likeness (QED) is 0.352. The molecule has 0 atom stereocenters. The first-order valence-electron chi connectivity index (χ1n) is 4.72. The van der Waals surface area contributed by atoms with E-state index in [1.165, 1.54) is 0 Å². The highest BCUT2D eigenvalue weighted by atomic mass is 79.9. The minimum Gasteiger partial charge on any atom is -0.258 e. The van der Waals surface area contributed by atoms with E-state index in [0.29, 0.717) is 0 Å². The highest BCUT2D eigenvalue weighted by Crippen LogP contribution is 2.32. The summed E-state index contributed by atoms with van der Waals surface area (Å²) in [4.78, 5) is 11.2. The predicted octanol–water partition coefficient (Wildman–Crippen LogP) is 4.25. The molecule has 0 aliphatic rings. The van der Waals surface area contributed by atoms with Crippen LogP contribution >= 0.6 is 27.7 Å². The molecule has 0 amide bonds. The number of rotatable bonds is 5. The van der Waals surface area contributed by atoms with Gasteiger partial charge in [-0.25, -0.2) is 0 Å². The highest BCUT2D eigenvalue weighted by Gasteiger charge is 2.13. The summed E-state index contributed by atoms with van der Waals surface area (Å²) >= 11 is 4.78. The molecule has 0 fully saturated rings. The maximum absolute atomic E-state index is 10.8. The van der Waals surface area contributed by atoms with Crippen LogP contribution in [0.25, 0.3) is 0 Å². The number of benzene rings is 1. The molecule has 0 radical (unpaired) electrons. The Kier molecular flexibility index (Phi) is 5.11. The fraction of sp³-hybridized carbons (Fsp3) is 0.400. The van der Waals surface area contributed by atoms with Crippen molar-refractivity contribution < 1.29 is 4.92 Å². The van der Waals surface area contributed by atoms with E-state index in [4.69, 9.17) is 0 Å². The second-order valence-electron chi connectivity index (χ2n) is 3.07. The van der Waals surface area contributed by atoms with E-state index in [-0.39, 0.29) is 10.6 Å². The molecule has 1 rings (SSSR count). The van der Waals surface area contributed by atoms with Crippen molar-refractivity contribution in [1.82, 2.24) is 0 Å². The zero-order valence-electron chi connectivity index (χ0n) is 8.40. The first-order valence-corrected chi connectivity index (χ1v) is 6.49. The van der Waals surface area contributed by atoms with E-state index in [0.717, 1.165) is 28.0 Å². The third kappa shape index (κ3) is 3.83. The summed E-state index contributed by atoms with van der Waals surface area (Å²) in [6, 6.07) is 5.18. The van der Waals surface area contributed by atoms with Gasteiger partial charge in [-0.05, 0) is 24.3 Å². The molecule has 0 spiro atoms. The molecule has 1 aromatic rings. The number of hydrogen-bond acceptors (Lipinski definition) is 3. The standard InChI is InChI=1S/C10H12BrNO2S/c1-2-3-6-15-10-5-4-8(11)7-9(10)12(13)14/h4-5,7H,2-3,6H2,1H3. The third-order valence-electron chi connectivity index (χ3n) is 1.87. The van der Waals surface area contributed by atoms with Gasteiger partial charge in [0.1, 0.15) is 0 Å². The summed E-state index contributed by atoms with van der Waals surface area (Å²) in [6.07, 6.45) is 2.19. The number of halogens is 1. The number of unbranched alkanes of at least 4 members (excludes halogenated alkanes) is 1. The molecule has 5 heteroatoms. The van der Waals surface area contributed by atoms with Gasteiger partial charge >= 0.3 is 0 Å². The molecule has 82 valence electrons. The topological polar surface area (TPSA) is 43.1 Å². The van der Waals surface area contributed by atoms with Crippen LogP contribution in [0.4, 0.5) is 5.69 Å². The summed E-state index contributed by atoms with van der Waals surface area (Å²) < 4.78 is 0.744. The van der Waals surface area contributed by atoms with Crippen molar-refractivity contribution in [3.05, 3.63) is 32.8 Å². The van der Waals surface area contributed by atoms with Crippen molar-refractivity contribution in [2.45, 2.75) is 24.7 Å². The van der Waals surface area contributed by atoms with Gasteiger partial charge in [-0.2, -0.15) is 0 Å². The largest absolute Gasteiger partial charge is 0.283 e. The molecule has 3 nitrogen and oxygen atoms in total. The minimum atomic E-state index is -0.334. The molecule has 0 aliphatic carbocycles. The van der Waals surface area contributed by atoms with Gasteiger partial charge in [0.05, 0.1) is 9.82 Å². The van der Waals surface area contributed by atoms with E-state index in [1.807, 2.05) is 6.07 Å². The number of nitro benzene ring substituents is 1. The molecular weight excluding hydrogens is 278 g/mol. The van der Waals surface area contributed by atoms with Gasteiger partial charge in [-0.3, -0.25) is 10.1 Å². The molecule has 0 bridgehead atoms. The lowest BCUT2D eigenvalue weighted by molar-refractivity contribution is -0.387. The first kappa shape index (κ1) is 12.5. The Hall–Kier alpha value is -0.550. The van der Waals surface area contributed by atoms with Crippen LogP contribution < -0.4 is 0 Å². The smallest absolute Gasteiger partial charge is 0.258 e. The summed E-state index contributed by atoms with van der Waals surface area (Å²) in [5.41, 5.74) is 0.186. The van der Waals surface area contributed by atoms with Crippen LogP contribution in [0.3, 0.4) is 0 Å². The van der Waals surface area contributed by atoms with Gasteiger partial charge in [0.25, 0.3) is 5.69 Å². The van der Waals surface area contributed by atoms with Crippen LogP contribution in [0, 0.1) is 10.1 Å². The summed E-state index contributed by atoms with van der Waals surface area (Å²) in [6.45, 7) is 2.11. The molecule has 0 N–H and O–H groups in total. The van der Waals surface area contributed by atoms with Crippen LogP contribution in [-0.2, 0) is 0 Å². The van der Waals surface area contributed by atoms with Crippen LogP contribution in [0.15, 0.2) is 27.6 Å². The average molecular weight is 290 g/mol. The second-order valence-corrected chi connectivity index (χ2v) is 5.12. The highest BCUT2D eigenvalue weighted by molar-refractivity contribution is 9.10. The first-order chi connectivity index (χ1) is 7.15. The molecule has 0 aliphatic heterocycles. The van der Waals surface area contributed by atoms with Crippen molar-refractivity contribution >= 4 is 33.4 Å². The molecule has 15 heavy (non-hydrogen) atoms. The van der Waals surface area contributed by atoms with E-state index in [9.17, 15) is 10.1 Å². The summed E-state index contributed by atoms with van der Waals surface area (Å²) in [7, 11) is 0. The Morgan fingerprint density at radius 1 is 1.53 bits per heavy atom. The summed E-state index contributed by atoms with van der Waals surface area (Å²) in [5, 5.41) is 10.8. The van der Waals surface area contributed by atoms with Crippen LogP contribution in [-0.4, -0.2) is 10.7 Å². The molecular formula is C10H12BrNO2S. The molecule has 0 unspecified atom stereocenters. The SMILES string of the molecule is CCCCSc1ccc(Br)cc1[N+](=O)[O-]. The Balaban J connectivity index is 2.81. The fourth-order valence-corrected chi connectivity index (χ4v) is 2.53. The predicted molar refractivity (Wildman–Crippen MR) is 66.4 cm³/mol. The van der Waals surface area contributed by atoms with Gasteiger partial charge < -0.3 is 0 Å². The lowest BCUT2D eigenvalue weighted by atomic mass is 10.3. The van der Waals surface area contributed by atoms with E-state index >= 15 is 0 Å². The minimum absolute atomic E-state index is 0.186. The zero-order chi connectivity index (χ0) is 11.3. The zero-order valence-corrected chi connectivity index (χ0v) is 10.8. The third-order valence-corrected chi connectivity index (χ3v) is 3.52. The van der Waals surface area contributed by atoms with Crippen molar-refractivity contribution in [2.24, 2.45) is 0 Å². The van der Waals surface area contributed by atoms with Gasteiger partial charge in [-0.1, -0.05) is 29.3 Å². The Morgan fingerprint density at radius 3 is 2.87 bits per heavy atom. The van der Waals surface area contributed by atoms with Crippen molar-refractivity contribution in [2.75, 3.05) is 5.75 Å². The molecule has 0 saturated heterocycles. The molecule has 0 saturated carbocycles. The van der Waals surface area contributed by atoms with E-state index in [1.54, 1.807) is 23.9 Å². The van der Waals surface area contributed by atoms with Crippen LogP contribution in [0.2, 0.25) is 0 Å². The average Bonchev–Trinajstić information content (AvgIpc) is 2.20. The van der Waals surface area contributed by atoms with Gasteiger partial charge in [-0.15, -0.1) is 11.8 Å². The maximum Gasteiger partial charge on any atom is 0.283 e. The van der Waals surface area contributed by atoms with E-state index in [2.05, 4.69) is 22.9 Å². The van der Waals surface area contributed by atoms with Gasteiger partial charge in [0.15, 0.2) is 0 Å². The number of nitro groups is 1. The Bertz CT molecular complexity index is 357. The molecule has 0 heterocycles. The normalized spacial score (nSPS) is 10.3. The van der Waals surface area contributed by atoms with Crippen LogP contribution in [0.1, 0.15) is 19.8 Å². The van der Waals surface area contributed by atoms with Crippen molar-refractivity contribution in [3.63, 3.8) is 0 Å². The summed E-state index contributed by atoms with van der Waals surface area (Å²) in [5.74, 6) is 0.930. The lowest BCUT2D eigenvalue weighted by Gasteiger charge is -2.02. The fourth-order valence-electron chi connectivity index (χ4n) is 1.08. The number of nitrogens with zero attached hydrogens (tertiary/aromatic N) is 1. The number of hydrogen-bond donors (Lipinski definition) is 0. The second kappa shape index (κ2) is 6.12. The Morgan fingerprint density at radius 2 is 2.27 bits per heavy atom. The molecule has 0 aromatic heterocycles.